The molecule has 5 rings (SSSR count). The highest BCUT2D eigenvalue weighted by atomic mass is 35.5. The zero-order valence-corrected chi connectivity index (χ0v) is 21.9. The summed E-state index contributed by atoms with van der Waals surface area (Å²) in [6, 6.07) is 12.5. The highest BCUT2D eigenvalue weighted by Gasteiger charge is 2.36. The van der Waals surface area contributed by atoms with Gasteiger partial charge in [0, 0.05) is 46.5 Å². The van der Waals surface area contributed by atoms with Crippen LogP contribution in [-0.4, -0.2) is 61.0 Å². The van der Waals surface area contributed by atoms with Crippen molar-refractivity contribution in [2.75, 3.05) is 26.3 Å². The summed E-state index contributed by atoms with van der Waals surface area (Å²) in [5, 5.41) is 0.591. The predicted molar refractivity (Wildman–Crippen MR) is 140 cm³/mol. The average Bonchev–Trinajstić information content (AvgIpc) is 3.28. The van der Waals surface area contributed by atoms with Gasteiger partial charge in [0.2, 0.25) is 10.0 Å². The number of aromatic amines is 1. The van der Waals surface area contributed by atoms with Crippen LogP contribution in [0.2, 0.25) is 5.02 Å². The molecule has 4 aromatic rings. The Bertz CT molecular complexity index is 1640. The summed E-state index contributed by atoms with van der Waals surface area (Å²) in [7, 11) is -4.15. The number of fused-ring (bicyclic) bond motifs is 1. The summed E-state index contributed by atoms with van der Waals surface area (Å²) in [5.74, 6) is -0.902. The van der Waals surface area contributed by atoms with Crippen LogP contribution < -0.4 is 10.5 Å². The number of primary amides is 1. The van der Waals surface area contributed by atoms with Crippen molar-refractivity contribution in [1.29, 1.82) is 0 Å². The van der Waals surface area contributed by atoms with Gasteiger partial charge in [0.1, 0.15) is 34.9 Å². The Labute approximate surface area is 223 Å². The van der Waals surface area contributed by atoms with Crippen molar-refractivity contribution in [3.8, 4) is 16.9 Å². The first-order chi connectivity index (χ1) is 18.1. The number of aromatic nitrogens is 2. The van der Waals surface area contributed by atoms with Gasteiger partial charge in [0.15, 0.2) is 0 Å². The van der Waals surface area contributed by atoms with E-state index in [-0.39, 0.29) is 42.3 Å². The Balaban J connectivity index is 1.36. The zero-order valence-electron chi connectivity index (χ0n) is 20.3. The standard InChI is InChI=1S/C26H24ClFN4O5S/c1-15-10-16(6-7-30-15)20-12-18(3-4-22(20)28)37-14-19-13-32(8-9-36-19)38(34,35)25-21-11-17(27)2-5-23(21)31-24(25)26(29)33/h2-7,10-12,19,31H,8-9,13-14H2,1H3,(H2,29,33)/t19-/m0/s1. The van der Waals surface area contributed by atoms with Crippen LogP contribution >= 0.6 is 11.6 Å². The lowest BCUT2D eigenvalue weighted by Gasteiger charge is -2.32. The van der Waals surface area contributed by atoms with Crippen molar-refractivity contribution in [2.45, 2.75) is 17.9 Å². The van der Waals surface area contributed by atoms with E-state index in [0.717, 1.165) is 5.69 Å². The SMILES string of the molecule is Cc1cc(-c2cc(OC[C@@H]3CN(S(=O)(=O)c4c(C(N)=O)[nH]c5ccc(Cl)cc45)CCO3)ccc2F)ccn1. The molecule has 0 unspecified atom stereocenters. The number of sulfonamides is 1. The number of pyridine rings is 1. The molecule has 2 aromatic heterocycles. The smallest absolute Gasteiger partial charge is 0.266 e. The second kappa shape index (κ2) is 10.3. The molecule has 3 N–H and O–H groups in total. The van der Waals surface area contributed by atoms with Crippen LogP contribution in [-0.2, 0) is 14.8 Å². The van der Waals surface area contributed by atoms with E-state index in [1.807, 2.05) is 6.92 Å². The van der Waals surface area contributed by atoms with E-state index in [1.54, 1.807) is 36.5 Å². The molecule has 38 heavy (non-hydrogen) atoms. The number of hydrogen-bond donors (Lipinski definition) is 2. The van der Waals surface area contributed by atoms with Crippen molar-refractivity contribution in [3.05, 3.63) is 77.0 Å². The zero-order chi connectivity index (χ0) is 27.0. The largest absolute Gasteiger partial charge is 0.491 e. The first-order valence-electron chi connectivity index (χ1n) is 11.7. The maximum atomic E-state index is 14.5. The fourth-order valence-electron chi connectivity index (χ4n) is 4.44. The molecule has 0 saturated carbocycles. The maximum Gasteiger partial charge on any atom is 0.266 e. The number of H-pyrrole nitrogens is 1. The number of nitrogens with two attached hydrogens (primary N) is 1. The van der Waals surface area contributed by atoms with Gasteiger partial charge in [-0.3, -0.25) is 9.78 Å². The lowest BCUT2D eigenvalue weighted by Crippen LogP contribution is -2.47. The van der Waals surface area contributed by atoms with E-state index < -0.39 is 27.9 Å². The molecule has 12 heteroatoms. The molecule has 2 aromatic carbocycles. The van der Waals surface area contributed by atoms with Crippen LogP contribution in [0.1, 0.15) is 16.2 Å². The van der Waals surface area contributed by atoms with Crippen LogP contribution in [0.25, 0.3) is 22.0 Å². The minimum atomic E-state index is -4.15. The molecule has 0 aliphatic carbocycles. The minimum Gasteiger partial charge on any atom is -0.491 e. The predicted octanol–water partition coefficient (Wildman–Crippen LogP) is 3.90. The van der Waals surface area contributed by atoms with Gasteiger partial charge in [0.25, 0.3) is 5.91 Å². The molecule has 1 atom stereocenters. The Morgan fingerprint density at radius 2 is 2.08 bits per heavy atom. The number of aryl methyl sites for hydroxylation is 1. The first kappa shape index (κ1) is 26.1. The summed E-state index contributed by atoms with van der Waals surface area (Å²) >= 11 is 6.10. The molecule has 0 bridgehead atoms. The molecule has 1 aliphatic heterocycles. The van der Waals surface area contributed by atoms with Gasteiger partial charge in [-0.25, -0.2) is 12.8 Å². The molecular weight excluding hydrogens is 535 g/mol. The van der Waals surface area contributed by atoms with Gasteiger partial charge in [-0.05, 0) is 61.0 Å². The molecule has 1 saturated heterocycles. The molecule has 3 heterocycles. The molecule has 1 fully saturated rings. The number of halogens is 2. The van der Waals surface area contributed by atoms with Crippen molar-refractivity contribution in [1.82, 2.24) is 14.3 Å². The summed E-state index contributed by atoms with van der Waals surface area (Å²) in [5.41, 5.74) is 7.48. The Morgan fingerprint density at radius 3 is 2.84 bits per heavy atom. The molecule has 9 nitrogen and oxygen atoms in total. The minimum absolute atomic E-state index is 0.0224. The van der Waals surface area contributed by atoms with Crippen LogP contribution in [0, 0.1) is 12.7 Å². The number of carbonyl (C=O) groups is 1. The van der Waals surface area contributed by atoms with Gasteiger partial charge >= 0.3 is 0 Å². The van der Waals surface area contributed by atoms with Crippen LogP contribution in [0.5, 0.6) is 5.75 Å². The maximum absolute atomic E-state index is 14.5. The highest BCUT2D eigenvalue weighted by Crippen LogP contribution is 2.32. The normalized spacial score (nSPS) is 16.6. The molecule has 0 radical (unpaired) electrons. The van der Waals surface area contributed by atoms with Crippen molar-refractivity contribution < 1.29 is 27.1 Å². The number of benzene rings is 2. The van der Waals surface area contributed by atoms with Crippen molar-refractivity contribution in [3.63, 3.8) is 0 Å². The van der Waals surface area contributed by atoms with E-state index in [9.17, 15) is 17.6 Å². The second-order valence-corrected chi connectivity index (χ2v) is 11.2. The number of ether oxygens (including phenoxy) is 2. The number of carbonyl (C=O) groups excluding carboxylic acids is 1. The van der Waals surface area contributed by atoms with Crippen molar-refractivity contribution in [2.24, 2.45) is 5.73 Å². The number of morpholine rings is 1. The molecule has 0 spiro atoms. The monoisotopic (exact) mass is 558 g/mol. The van der Waals surface area contributed by atoms with E-state index in [4.69, 9.17) is 26.8 Å². The Hall–Kier alpha value is -3.51. The van der Waals surface area contributed by atoms with Crippen LogP contribution in [0.15, 0.2) is 59.6 Å². The Morgan fingerprint density at radius 1 is 1.26 bits per heavy atom. The first-order valence-corrected chi connectivity index (χ1v) is 13.5. The third-order valence-corrected chi connectivity index (χ3v) is 8.43. The summed E-state index contributed by atoms with van der Waals surface area (Å²) in [6.07, 6.45) is 0.995. The third-order valence-electron chi connectivity index (χ3n) is 6.24. The van der Waals surface area contributed by atoms with Crippen LogP contribution in [0.4, 0.5) is 4.39 Å². The molecule has 1 amide bonds. The fraction of sp³-hybridized carbons (Fsp3) is 0.231. The molecule has 1 aliphatic rings. The Kier molecular flexibility index (Phi) is 7.10. The summed E-state index contributed by atoms with van der Waals surface area (Å²) in [6.45, 7) is 2.01. The lowest BCUT2D eigenvalue weighted by molar-refractivity contribution is -0.0249. The van der Waals surface area contributed by atoms with Gasteiger partial charge in [-0.1, -0.05) is 11.6 Å². The van der Waals surface area contributed by atoms with E-state index >= 15 is 0 Å². The lowest BCUT2D eigenvalue weighted by atomic mass is 10.1. The summed E-state index contributed by atoms with van der Waals surface area (Å²) in [4.78, 5) is 18.8. The van der Waals surface area contributed by atoms with E-state index in [2.05, 4.69) is 9.97 Å². The van der Waals surface area contributed by atoms with Gasteiger partial charge in [-0.15, -0.1) is 0 Å². The number of amides is 1. The fourth-order valence-corrected chi connectivity index (χ4v) is 6.40. The average molecular weight is 559 g/mol. The van der Waals surface area contributed by atoms with Crippen molar-refractivity contribution >= 4 is 38.4 Å². The number of nitrogens with one attached hydrogen (secondary N) is 1. The van der Waals surface area contributed by atoms with Gasteiger partial charge in [0.05, 0.1) is 6.61 Å². The second-order valence-electron chi connectivity index (χ2n) is 8.88. The van der Waals surface area contributed by atoms with Gasteiger partial charge in [-0.2, -0.15) is 4.31 Å². The molecule has 198 valence electrons. The van der Waals surface area contributed by atoms with E-state index in [1.165, 1.54) is 22.5 Å². The van der Waals surface area contributed by atoms with Crippen LogP contribution in [0.3, 0.4) is 0 Å². The number of nitrogens with zero attached hydrogens (tertiary/aromatic N) is 2. The quantitative estimate of drug-likeness (QED) is 0.354. The number of rotatable bonds is 7. The topological polar surface area (TPSA) is 128 Å². The summed E-state index contributed by atoms with van der Waals surface area (Å²) < 4.78 is 54.7. The van der Waals surface area contributed by atoms with E-state index in [0.29, 0.717) is 27.4 Å². The molecular formula is C26H24ClFN4O5S. The third kappa shape index (κ3) is 5.10. The van der Waals surface area contributed by atoms with Gasteiger partial charge < -0.3 is 20.2 Å². The number of hydrogen-bond acceptors (Lipinski definition) is 6. The highest BCUT2D eigenvalue weighted by molar-refractivity contribution is 7.89.